The molecule has 0 aliphatic heterocycles. The van der Waals surface area contributed by atoms with Gasteiger partial charge in [0.2, 0.25) is 0 Å². The van der Waals surface area contributed by atoms with E-state index in [-0.39, 0.29) is 0 Å². The number of rotatable bonds is 5. The first-order valence-corrected chi connectivity index (χ1v) is 5.33. The van der Waals surface area contributed by atoms with Crippen molar-refractivity contribution in [2.24, 2.45) is 0 Å². The molecule has 4 heteroatoms. The summed E-state index contributed by atoms with van der Waals surface area (Å²) in [6, 6.07) is 4.82. The van der Waals surface area contributed by atoms with Crippen molar-refractivity contribution in [3.63, 3.8) is 0 Å². The van der Waals surface area contributed by atoms with Gasteiger partial charge in [-0.25, -0.2) is 4.79 Å². The lowest BCUT2D eigenvalue weighted by molar-refractivity contribution is 0.0600. The molecule has 0 aliphatic carbocycles. The summed E-state index contributed by atoms with van der Waals surface area (Å²) in [6.45, 7) is 5.58. The molecule has 96 valence electrons. The van der Waals surface area contributed by atoms with Crippen molar-refractivity contribution in [1.82, 2.24) is 0 Å². The van der Waals surface area contributed by atoms with Crippen LogP contribution in [0.5, 0.6) is 11.5 Å². The van der Waals surface area contributed by atoms with Gasteiger partial charge in [0.05, 0.1) is 26.0 Å². The standard InChI is InChI=1S/C14H16O4/c1-10(2)7-8-18-12-6-5-11(14(15)17-4)9-13(12)16-3/h5-9H,1H2,2-4H3. The molecule has 0 bridgehead atoms. The van der Waals surface area contributed by atoms with E-state index in [2.05, 4.69) is 11.3 Å². The second kappa shape index (κ2) is 6.49. The van der Waals surface area contributed by atoms with E-state index in [1.807, 2.05) is 6.92 Å². The van der Waals surface area contributed by atoms with Crippen molar-refractivity contribution in [3.05, 3.63) is 48.3 Å². The van der Waals surface area contributed by atoms with Gasteiger partial charge in [0.15, 0.2) is 11.5 Å². The van der Waals surface area contributed by atoms with Gasteiger partial charge in [0.25, 0.3) is 0 Å². The summed E-state index contributed by atoms with van der Waals surface area (Å²) in [7, 11) is 2.83. The van der Waals surface area contributed by atoms with Crippen molar-refractivity contribution in [3.8, 4) is 11.5 Å². The Hall–Kier alpha value is -2.23. The minimum atomic E-state index is -0.419. The zero-order valence-electron chi connectivity index (χ0n) is 10.7. The fourth-order valence-electron chi connectivity index (χ4n) is 1.23. The molecule has 0 aliphatic rings. The van der Waals surface area contributed by atoms with Gasteiger partial charge in [-0.3, -0.25) is 0 Å². The van der Waals surface area contributed by atoms with Crippen molar-refractivity contribution in [1.29, 1.82) is 0 Å². The molecule has 1 aromatic rings. The average molecular weight is 248 g/mol. The van der Waals surface area contributed by atoms with Gasteiger partial charge in [-0.05, 0) is 31.2 Å². The van der Waals surface area contributed by atoms with E-state index in [1.165, 1.54) is 20.5 Å². The Balaban J connectivity index is 2.93. The average Bonchev–Trinajstić information content (AvgIpc) is 2.37. The van der Waals surface area contributed by atoms with Gasteiger partial charge in [0.1, 0.15) is 0 Å². The largest absolute Gasteiger partial charge is 0.493 e. The van der Waals surface area contributed by atoms with Crippen LogP contribution in [-0.2, 0) is 4.74 Å². The molecular formula is C14H16O4. The number of hydrogen-bond donors (Lipinski definition) is 0. The number of methoxy groups -OCH3 is 2. The van der Waals surface area contributed by atoms with Gasteiger partial charge in [-0.15, -0.1) is 0 Å². The molecule has 18 heavy (non-hydrogen) atoms. The number of esters is 1. The summed E-state index contributed by atoms with van der Waals surface area (Å²) < 4.78 is 15.2. The molecule has 0 aromatic heterocycles. The lowest BCUT2D eigenvalue weighted by Gasteiger charge is -2.08. The minimum Gasteiger partial charge on any atom is -0.493 e. The molecule has 0 amide bonds. The van der Waals surface area contributed by atoms with Crippen LogP contribution in [-0.4, -0.2) is 20.2 Å². The molecule has 0 fully saturated rings. The van der Waals surface area contributed by atoms with Crippen molar-refractivity contribution in [2.75, 3.05) is 14.2 Å². The van der Waals surface area contributed by atoms with Crippen LogP contribution < -0.4 is 9.47 Å². The summed E-state index contributed by atoms with van der Waals surface area (Å²) >= 11 is 0. The Bertz CT molecular complexity index is 475. The van der Waals surface area contributed by atoms with Crippen molar-refractivity contribution < 1.29 is 19.0 Å². The molecule has 0 radical (unpaired) electrons. The van der Waals surface area contributed by atoms with Crippen LogP contribution in [0.1, 0.15) is 17.3 Å². The maximum Gasteiger partial charge on any atom is 0.337 e. The van der Waals surface area contributed by atoms with Gasteiger partial charge >= 0.3 is 5.97 Å². The third kappa shape index (κ3) is 3.66. The van der Waals surface area contributed by atoms with Crippen molar-refractivity contribution in [2.45, 2.75) is 6.92 Å². The molecule has 0 spiro atoms. The van der Waals surface area contributed by atoms with E-state index in [0.717, 1.165) is 5.57 Å². The van der Waals surface area contributed by atoms with Crippen LogP contribution in [0, 0.1) is 0 Å². The monoisotopic (exact) mass is 248 g/mol. The molecule has 0 heterocycles. The third-order valence-electron chi connectivity index (χ3n) is 2.13. The molecule has 1 aromatic carbocycles. The lowest BCUT2D eigenvalue weighted by Crippen LogP contribution is -2.02. The third-order valence-corrected chi connectivity index (χ3v) is 2.13. The van der Waals surface area contributed by atoms with E-state index < -0.39 is 5.97 Å². The summed E-state index contributed by atoms with van der Waals surface area (Å²) in [4.78, 5) is 11.4. The van der Waals surface area contributed by atoms with E-state index in [9.17, 15) is 4.79 Å². The number of carbonyl (C=O) groups is 1. The van der Waals surface area contributed by atoms with E-state index >= 15 is 0 Å². The normalized spacial score (nSPS) is 10.2. The maximum absolute atomic E-state index is 11.4. The second-order valence-electron chi connectivity index (χ2n) is 3.62. The van der Waals surface area contributed by atoms with Crippen LogP contribution in [0.2, 0.25) is 0 Å². The van der Waals surface area contributed by atoms with Crippen LogP contribution in [0.25, 0.3) is 0 Å². The number of ether oxygens (including phenoxy) is 3. The highest BCUT2D eigenvalue weighted by atomic mass is 16.5. The first-order chi connectivity index (χ1) is 8.58. The highest BCUT2D eigenvalue weighted by molar-refractivity contribution is 5.90. The Labute approximate surface area is 106 Å². The topological polar surface area (TPSA) is 44.8 Å². The van der Waals surface area contributed by atoms with Gasteiger partial charge < -0.3 is 14.2 Å². The highest BCUT2D eigenvalue weighted by Crippen LogP contribution is 2.28. The summed E-state index contributed by atoms with van der Waals surface area (Å²) in [5, 5.41) is 0. The fourth-order valence-corrected chi connectivity index (χ4v) is 1.23. The SMILES string of the molecule is C=C(C)C=COc1ccc(C(=O)OC)cc1OC. The first-order valence-electron chi connectivity index (χ1n) is 5.33. The Kier molecular flexibility index (Phi) is 4.99. The Morgan fingerprint density at radius 1 is 1.28 bits per heavy atom. The Morgan fingerprint density at radius 2 is 2.00 bits per heavy atom. The van der Waals surface area contributed by atoms with Crippen LogP contribution in [0.3, 0.4) is 0 Å². The van der Waals surface area contributed by atoms with E-state index in [4.69, 9.17) is 9.47 Å². The number of benzene rings is 1. The minimum absolute atomic E-state index is 0.408. The predicted molar refractivity (Wildman–Crippen MR) is 68.9 cm³/mol. The number of carbonyl (C=O) groups excluding carboxylic acids is 1. The Morgan fingerprint density at radius 3 is 2.56 bits per heavy atom. The molecule has 0 N–H and O–H groups in total. The van der Waals surface area contributed by atoms with E-state index in [1.54, 1.807) is 24.3 Å². The lowest BCUT2D eigenvalue weighted by atomic mass is 10.2. The maximum atomic E-state index is 11.4. The summed E-state index contributed by atoms with van der Waals surface area (Å²) in [5.41, 5.74) is 1.28. The van der Waals surface area contributed by atoms with Crippen LogP contribution in [0.4, 0.5) is 0 Å². The van der Waals surface area contributed by atoms with Gasteiger partial charge in [-0.2, -0.15) is 0 Å². The molecule has 0 atom stereocenters. The smallest absolute Gasteiger partial charge is 0.337 e. The second-order valence-corrected chi connectivity index (χ2v) is 3.62. The quantitative estimate of drug-likeness (QED) is 0.456. The zero-order chi connectivity index (χ0) is 13.5. The van der Waals surface area contributed by atoms with Crippen molar-refractivity contribution >= 4 is 5.97 Å². The highest BCUT2D eigenvalue weighted by Gasteiger charge is 2.10. The number of allylic oxidation sites excluding steroid dienone is 2. The molecular weight excluding hydrogens is 232 g/mol. The first kappa shape index (κ1) is 13.8. The predicted octanol–water partition coefficient (Wildman–Crippen LogP) is 2.95. The summed E-state index contributed by atoms with van der Waals surface area (Å²) in [6.07, 6.45) is 3.24. The van der Waals surface area contributed by atoms with Crippen LogP contribution in [0.15, 0.2) is 42.7 Å². The molecule has 4 nitrogen and oxygen atoms in total. The van der Waals surface area contributed by atoms with Gasteiger partial charge in [-0.1, -0.05) is 12.2 Å². The fraction of sp³-hybridized carbons (Fsp3) is 0.214. The molecule has 0 saturated heterocycles. The van der Waals surface area contributed by atoms with E-state index in [0.29, 0.717) is 17.1 Å². The number of hydrogen-bond acceptors (Lipinski definition) is 4. The molecule has 0 saturated carbocycles. The van der Waals surface area contributed by atoms with Crippen LogP contribution >= 0.6 is 0 Å². The van der Waals surface area contributed by atoms with Gasteiger partial charge in [0, 0.05) is 0 Å². The zero-order valence-corrected chi connectivity index (χ0v) is 10.7. The molecule has 0 unspecified atom stereocenters. The molecule has 1 rings (SSSR count). The summed E-state index contributed by atoms with van der Waals surface area (Å²) in [5.74, 6) is 0.559.